The summed E-state index contributed by atoms with van der Waals surface area (Å²) in [5.74, 6) is -0.0787. The summed E-state index contributed by atoms with van der Waals surface area (Å²) in [5, 5.41) is 0. The van der Waals surface area contributed by atoms with Crippen molar-refractivity contribution in [3.8, 4) is 0 Å². The minimum atomic E-state index is -0.171. The lowest BCUT2D eigenvalue weighted by Crippen LogP contribution is -2.21. The lowest BCUT2D eigenvalue weighted by atomic mass is 10.0. The molecular weight excluding hydrogens is 174 g/mol. The molecule has 0 unspecified atom stereocenters. The quantitative estimate of drug-likeness (QED) is 0.744. The number of nitrogens with two attached hydrogens (primary N) is 1. The summed E-state index contributed by atoms with van der Waals surface area (Å²) in [6.45, 7) is 15.9. The van der Waals surface area contributed by atoms with E-state index in [1.54, 1.807) is 0 Å². The predicted octanol–water partition coefficient (Wildman–Crippen LogP) is 3.99. The molecule has 0 radical (unpaired) electrons. The van der Waals surface area contributed by atoms with Gasteiger partial charge < -0.3 is 5.73 Å². The Morgan fingerprint density at radius 2 is 1.14 bits per heavy atom. The predicted molar refractivity (Wildman–Crippen MR) is 67.3 cm³/mol. The Kier molecular flexibility index (Phi) is 49.0. The molecule has 0 spiro atoms. The van der Waals surface area contributed by atoms with Crippen molar-refractivity contribution >= 4 is 5.91 Å². The smallest absolute Gasteiger partial charge is 0.220 e. The van der Waals surface area contributed by atoms with Crippen LogP contribution in [-0.4, -0.2) is 5.91 Å². The molecule has 2 N–H and O–H groups in total. The summed E-state index contributed by atoms with van der Waals surface area (Å²) in [6, 6.07) is 0. The highest BCUT2D eigenvalue weighted by Crippen LogP contribution is 2.04. The van der Waals surface area contributed by atoms with E-state index in [9.17, 15) is 4.79 Å². The normalized spacial score (nSPS) is 6.93. The second-order valence-corrected chi connectivity index (χ2v) is 1.92. The average molecular weight is 205 g/mol. The first-order valence-electron chi connectivity index (χ1n) is 6.01. The fourth-order valence-electron chi connectivity index (χ4n) is 0.691. The SMILES string of the molecule is CC.CC.CC.CCC(CC)C(N)=O. The summed E-state index contributed by atoms with van der Waals surface area (Å²) >= 11 is 0. The Hall–Kier alpha value is -0.530. The zero-order chi connectivity index (χ0) is 12.6. The Morgan fingerprint density at radius 3 is 1.14 bits per heavy atom. The maximum atomic E-state index is 10.4. The first kappa shape index (κ1) is 23.4. The summed E-state index contributed by atoms with van der Waals surface area (Å²) in [7, 11) is 0. The number of carbonyl (C=O) groups excluding carboxylic acids is 1. The maximum absolute atomic E-state index is 10.4. The minimum absolute atomic E-state index is 0.0926. The number of hydrogen-bond donors (Lipinski definition) is 1. The number of carbonyl (C=O) groups is 1. The molecule has 0 bridgehead atoms. The van der Waals surface area contributed by atoms with Gasteiger partial charge in [0.25, 0.3) is 0 Å². The van der Waals surface area contributed by atoms with Crippen molar-refractivity contribution in [1.29, 1.82) is 0 Å². The van der Waals surface area contributed by atoms with E-state index < -0.39 is 0 Å². The lowest BCUT2D eigenvalue weighted by Gasteiger charge is -2.04. The van der Waals surface area contributed by atoms with Crippen LogP contribution in [-0.2, 0) is 4.79 Å². The summed E-state index contributed by atoms with van der Waals surface area (Å²) in [5.41, 5.74) is 5.02. The Labute approximate surface area is 91.3 Å². The van der Waals surface area contributed by atoms with Gasteiger partial charge in [0.15, 0.2) is 0 Å². The van der Waals surface area contributed by atoms with E-state index in [1.807, 2.05) is 55.4 Å². The third-order valence-corrected chi connectivity index (χ3v) is 1.39. The van der Waals surface area contributed by atoms with Crippen LogP contribution in [0.4, 0.5) is 0 Å². The fraction of sp³-hybridized carbons (Fsp3) is 0.917. The maximum Gasteiger partial charge on any atom is 0.220 e. The van der Waals surface area contributed by atoms with E-state index in [4.69, 9.17) is 5.73 Å². The zero-order valence-corrected chi connectivity index (χ0v) is 11.5. The largest absolute Gasteiger partial charge is 0.369 e. The van der Waals surface area contributed by atoms with Crippen molar-refractivity contribution in [2.24, 2.45) is 11.7 Å². The molecule has 2 heteroatoms. The first-order valence-corrected chi connectivity index (χ1v) is 6.01. The van der Waals surface area contributed by atoms with E-state index in [0.29, 0.717) is 0 Å². The van der Waals surface area contributed by atoms with Gasteiger partial charge in [0.1, 0.15) is 0 Å². The zero-order valence-electron chi connectivity index (χ0n) is 11.5. The van der Waals surface area contributed by atoms with Gasteiger partial charge in [0.05, 0.1) is 0 Å². The van der Waals surface area contributed by atoms with E-state index in [1.165, 1.54) is 0 Å². The van der Waals surface area contributed by atoms with Crippen molar-refractivity contribution in [3.05, 3.63) is 0 Å². The molecule has 0 saturated heterocycles. The second-order valence-electron chi connectivity index (χ2n) is 1.92. The molecule has 2 nitrogen and oxygen atoms in total. The van der Waals surface area contributed by atoms with Gasteiger partial charge in [-0.3, -0.25) is 4.79 Å². The highest BCUT2D eigenvalue weighted by molar-refractivity contribution is 5.76. The van der Waals surface area contributed by atoms with Crippen molar-refractivity contribution in [1.82, 2.24) is 0 Å². The van der Waals surface area contributed by atoms with Crippen LogP contribution in [0.3, 0.4) is 0 Å². The van der Waals surface area contributed by atoms with Crippen LogP contribution in [0.5, 0.6) is 0 Å². The Balaban J connectivity index is -0.0000000708. The molecule has 0 rings (SSSR count). The van der Waals surface area contributed by atoms with Crippen LogP contribution in [0, 0.1) is 5.92 Å². The summed E-state index contributed by atoms with van der Waals surface area (Å²) in [4.78, 5) is 10.4. The molecule has 0 aromatic carbocycles. The Bertz CT molecular complexity index is 78.4. The third-order valence-electron chi connectivity index (χ3n) is 1.39. The van der Waals surface area contributed by atoms with Gasteiger partial charge in [-0.25, -0.2) is 0 Å². The van der Waals surface area contributed by atoms with Crippen LogP contribution in [0.1, 0.15) is 68.2 Å². The number of primary amides is 1. The summed E-state index contributed by atoms with van der Waals surface area (Å²) in [6.07, 6.45) is 1.73. The fourth-order valence-corrected chi connectivity index (χ4v) is 0.691. The molecule has 0 aliphatic heterocycles. The van der Waals surface area contributed by atoms with Gasteiger partial charge in [-0.15, -0.1) is 0 Å². The number of amides is 1. The van der Waals surface area contributed by atoms with Gasteiger partial charge in [0, 0.05) is 5.92 Å². The highest BCUT2D eigenvalue weighted by Gasteiger charge is 2.07. The van der Waals surface area contributed by atoms with Gasteiger partial charge in [0.2, 0.25) is 5.91 Å². The summed E-state index contributed by atoms with van der Waals surface area (Å²) < 4.78 is 0. The molecule has 90 valence electrons. The van der Waals surface area contributed by atoms with Crippen LogP contribution in [0.2, 0.25) is 0 Å². The minimum Gasteiger partial charge on any atom is -0.369 e. The van der Waals surface area contributed by atoms with Crippen molar-refractivity contribution < 1.29 is 4.79 Å². The van der Waals surface area contributed by atoms with Gasteiger partial charge >= 0.3 is 0 Å². The van der Waals surface area contributed by atoms with Crippen LogP contribution >= 0.6 is 0 Å². The van der Waals surface area contributed by atoms with Crippen molar-refractivity contribution in [3.63, 3.8) is 0 Å². The van der Waals surface area contributed by atoms with Crippen LogP contribution in [0.15, 0.2) is 0 Å². The molecule has 0 aliphatic rings. The molecule has 0 heterocycles. The number of rotatable bonds is 3. The molecule has 1 amide bonds. The monoisotopic (exact) mass is 205 g/mol. The topological polar surface area (TPSA) is 43.1 Å². The van der Waals surface area contributed by atoms with Crippen LogP contribution < -0.4 is 5.73 Å². The van der Waals surface area contributed by atoms with Crippen LogP contribution in [0.25, 0.3) is 0 Å². The van der Waals surface area contributed by atoms with E-state index in [-0.39, 0.29) is 11.8 Å². The van der Waals surface area contributed by atoms with Gasteiger partial charge in [-0.2, -0.15) is 0 Å². The van der Waals surface area contributed by atoms with Crippen molar-refractivity contribution in [2.75, 3.05) is 0 Å². The molecular formula is C12H31NO. The first-order chi connectivity index (χ1) is 6.72. The lowest BCUT2D eigenvalue weighted by molar-refractivity contribution is -0.121. The van der Waals surface area contributed by atoms with E-state index >= 15 is 0 Å². The molecule has 0 aliphatic carbocycles. The standard InChI is InChI=1S/C6H13NO.3C2H6/c1-3-5(4-2)6(7)8;3*1-2/h5H,3-4H2,1-2H3,(H2,7,8);3*1-2H3. The second kappa shape index (κ2) is 29.4. The van der Waals surface area contributed by atoms with Gasteiger partial charge in [-0.05, 0) is 12.8 Å². The molecule has 0 aromatic heterocycles. The van der Waals surface area contributed by atoms with Gasteiger partial charge in [-0.1, -0.05) is 55.4 Å². The molecule has 0 fully saturated rings. The molecule has 0 atom stereocenters. The third kappa shape index (κ3) is 22.5. The van der Waals surface area contributed by atoms with E-state index in [2.05, 4.69) is 0 Å². The number of hydrogen-bond acceptors (Lipinski definition) is 1. The van der Waals surface area contributed by atoms with E-state index in [0.717, 1.165) is 12.8 Å². The highest BCUT2D eigenvalue weighted by atomic mass is 16.1. The molecule has 0 aromatic rings. The van der Waals surface area contributed by atoms with Crippen molar-refractivity contribution in [2.45, 2.75) is 68.2 Å². The molecule has 0 saturated carbocycles. The average Bonchev–Trinajstić information content (AvgIpc) is 2.28. The Morgan fingerprint density at radius 1 is 0.929 bits per heavy atom. The molecule has 14 heavy (non-hydrogen) atoms.